The van der Waals surface area contributed by atoms with Crippen LogP contribution in [0.25, 0.3) is 0 Å². The Morgan fingerprint density at radius 1 is 1.38 bits per heavy atom. The molecule has 1 aromatic carbocycles. The number of carbonyl (C=O) groups is 1. The molecule has 0 aliphatic heterocycles. The normalized spacial score (nSPS) is 27.7. The SMILES string of the molecule is COC(=O)C1(C#N)[C@H](Cl)CC=C[C@H]1c1ccc(OC)cc1. The van der Waals surface area contributed by atoms with Crippen LogP contribution in [-0.4, -0.2) is 25.6 Å². The van der Waals surface area contributed by atoms with Gasteiger partial charge in [0.1, 0.15) is 5.75 Å². The lowest BCUT2D eigenvalue weighted by atomic mass is 9.67. The number of halogens is 1. The van der Waals surface area contributed by atoms with Crippen LogP contribution in [0.2, 0.25) is 0 Å². The second-order valence-corrected chi connectivity index (χ2v) is 5.38. The summed E-state index contributed by atoms with van der Waals surface area (Å²) in [5.41, 5.74) is -0.594. The van der Waals surface area contributed by atoms with Crippen molar-refractivity contribution in [3.05, 3.63) is 42.0 Å². The van der Waals surface area contributed by atoms with Gasteiger partial charge in [0.2, 0.25) is 0 Å². The highest BCUT2D eigenvalue weighted by molar-refractivity contribution is 6.23. The molecule has 5 heteroatoms. The minimum atomic E-state index is -1.42. The summed E-state index contributed by atoms with van der Waals surface area (Å²) in [5, 5.41) is 9.02. The number of ether oxygens (including phenoxy) is 2. The predicted molar refractivity (Wildman–Crippen MR) is 79.2 cm³/mol. The number of hydrogen-bond acceptors (Lipinski definition) is 4. The minimum Gasteiger partial charge on any atom is -0.497 e. The molecule has 0 spiro atoms. The molecular weight excluding hydrogens is 290 g/mol. The van der Waals surface area contributed by atoms with Crippen molar-refractivity contribution >= 4 is 17.6 Å². The van der Waals surface area contributed by atoms with Crippen LogP contribution in [-0.2, 0) is 9.53 Å². The van der Waals surface area contributed by atoms with Crippen LogP contribution in [0.3, 0.4) is 0 Å². The Balaban J connectivity index is 2.51. The molecule has 2 rings (SSSR count). The second kappa shape index (κ2) is 6.19. The van der Waals surface area contributed by atoms with Crippen molar-refractivity contribution in [1.29, 1.82) is 5.26 Å². The van der Waals surface area contributed by atoms with Crippen molar-refractivity contribution in [3.63, 3.8) is 0 Å². The summed E-state index contributed by atoms with van der Waals surface area (Å²) in [4.78, 5) is 12.2. The summed E-state index contributed by atoms with van der Waals surface area (Å²) in [7, 11) is 2.85. The third-order valence-electron chi connectivity index (χ3n) is 3.84. The number of esters is 1. The van der Waals surface area contributed by atoms with Crippen LogP contribution in [0.4, 0.5) is 0 Å². The van der Waals surface area contributed by atoms with E-state index in [0.717, 1.165) is 5.56 Å². The van der Waals surface area contributed by atoms with Gasteiger partial charge < -0.3 is 9.47 Å². The van der Waals surface area contributed by atoms with Gasteiger partial charge in [-0.2, -0.15) is 5.26 Å². The topological polar surface area (TPSA) is 59.3 Å². The predicted octanol–water partition coefficient (Wildman–Crippen LogP) is 3.03. The van der Waals surface area contributed by atoms with Gasteiger partial charge in [0.15, 0.2) is 5.41 Å². The first-order chi connectivity index (χ1) is 10.1. The summed E-state index contributed by atoms with van der Waals surface area (Å²) in [5.74, 6) is -0.339. The molecule has 1 unspecified atom stereocenters. The van der Waals surface area contributed by atoms with Crippen molar-refractivity contribution in [3.8, 4) is 11.8 Å². The van der Waals surface area contributed by atoms with E-state index in [0.29, 0.717) is 12.2 Å². The van der Waals surface area contributed by atoms with E-state index in [1.54, 1.807) is 19.2 Å². The molecule has 4 nitrogen and oxygen atoms in total. The summed E-state index contributed by atoms with van der Waals surface area (Å²) in [6.45, 7) is 0. The van der Waals surface area contributed by atoms with Crippen LogP contribution in [0.15, 0.2) is 36.4 Å². The van der Waals surface area contributed by atoms with Gasteiger partial charge in [-0.05, 0) is 24.1 Å². The summed E-state index contributed by atoms with van der Waals surface area (Å²) in [6.07, 6.45) is 4.20. The summed E-state index contributed by atoms with van der Waals surface area (Å²) in [6, 6.07) is 9.35. The van der Waals surface area contributed by atoms with Gasteiger partial charge in [0.05, 0.1) is 25.7 Å². The van der Waals surface area contributed by atoms with Crippen LogP contribution >= 0.6 is 11.6 Å². The van der Waals surface area contributed by atoms with E-state index in [1.165, 1.54) is 7.11 Å². The number of carbonyl (C=O) groups excluding carboxylic acids is 1. The summed E-state index contributed by atoms with van der Waals surface area (Å²) < 4.78 is 9.97. The lowest BCUT2D eigenvalue weighted by Crippen LogP contribution is -2.45. The minimum absolute atomic E-state index is 0.447. The van der Waals surface area contributed by atoms with Crippen LogP contribution in [0.1, 0.15) is 17.9 Å². The Kier molecular flexibility index (Phi) is 4.54. The molecule has 0 N–H and O–H groups in total. The molecule has 0 aromatic heterocycles. The van der Waals surface area contributed by atoms with Crippen molar-refractivity contribution in [1.82, 2.24) is 0 Å². The molecule has 0 bridgehead atoms. The summed E-state index contributed by atoms with van der Waals surface area (Å²) >= 11 is 6.32. The number of nitriles is 1. The smallest absolute Gasteiger partial charge is 0.328 e. The van der Waals surface area contributed by atoms with Gasteiger partial charge in [0, 0.05) is 5.92 Å². The largest absolute Gasteiger partial charge is 0.497 e. The first kappa shape index (κ1) is 15.4. The fourth-order valence-corrected chi connectivity index (χ4v) is 3.04. The van der Waals surface area contributed by atoms with Gasteiger partial charge in [-0.1, -0.05) is 24.3 Å². The Bertz CT molecular complexity index is 591. The number of alkyl halides is 1. The van der Waals surface area contributed by atoms with Gasteiger partial charge in [-0.15, -0.1) is 11.6 Å². The van der Waals surface area contributed by atoms with Crippen molar-refractivity contribution in [2.45, 2.75) is 17.7 Å². The van der Waals surface area contributed by atoms with Crippen molar-refractivity contribution in [2.75, 3.05) is 14.2 Å². The van der Waals surface area contributed by atoms with Crippen LogP contribution in [0, 0.1) is 16.7 Å². The zero-order valence-corrected chi connectivity index (χ0v) is 12.6. The standard InChI is InChI=1S/C16H16ClNO3/c1-20-12-8-6-11(7-9-12)13-4-3-5-14(17)16(13,10-18)15(19)21-2/h3-4,6-9,13-14H,5H2,1-2H3/t13-,14+,16?/m0/s1. The average molecular weight is 306 g/mol. The van der Waals surface area contributed by atoms with E-state index in [9.17, 15) is 10.1 Å². The van der Waals surface area contributed by atoms with E-state index >= 15 is 0 Å². The maximum Gasteiger partial charge on any atom is 0.328 e. The highest BCUT2D eigenvalue weighted by atomic mass is 35.5. The molecule has 110 valence electrons. The monoisotopic (exact) mass is 305 g/mol. The quantitative estimate of drug-likeness (QED) is 0.489. The van der Waals surface area contributed by atoms with Gasteiger partial charge in [-0.25, -0.2) is 0 Å². The molecule has 0 saturated heterocycles. The highest BCUT2D eigenvalue weighted by Crippen LogP contribution is 2.47. The van der Waals surface area contributed by atoms with Gasteiger partial charge in [0.25, 0.3) is 0 Å². The number of methoxy groups -OCH3 is 2. The Morgan fingerprint density at radius 2 is 2.05 bits per heavy atom. The first-order valence-corrected chi connectivity index (χ1v) is 6.98. The molecule has 1 aromatic rings. The molecular formula is C16H16ClNO3. The Labute approximate surface area is 128 Å². The van der Waals surface area contributed by atoms with E-state index in [4.69, 9.17) is 21.1 Å². The number of benzene rings is 1. The number of hydrogen-bond donors (Lipinski definition) is 0. The maximum atomic E-state index is 12.2. The van der Waals surface area contributed by atoms with Gasteiger partial charge in [-0.3, -0.25) is 4.79 Å². The van der Waals surface area contributed by atoms with E-state index in [2.05, 4.69) is 6.07 Å². The first-order valence-electron chi connectivity index (χ1n) is 6.54. The third-order valence-corrected chi connectivity index (χ3v) is 4.36. The van der Waals surface area contributed by atoms with Gasteiger partial charge >= 0.3 is 5.97 Å². The fraction of sp³-hybridized carbons (Fsp3) is 0.375. The Hall–Kier alpha value is -1.99. The molecule has 0 saturated carbocycles. The van der Waals surface area contributed by atoms with Crippen molar-refractivity contribution in [2.24, 2.45) is 5.41 Å². The molecule has 0 radical (unpaired) electrons. The van der Waals surface area contributed by atoms with E-state index < -0.39 is 22.7 Å². The number of nitrogens with zero attached hydrogens (tertiary/aromatic N) is 1. The van der Waals surface area contributed by atoms with E-state index in [1.807, 2.05) is 24.3 Å². The molecule has 0 fully saturated rings. The Morgan fingerprint density at radius 3 is 2.57 bits per heavy atom. The molecule has 0 heterocycles. The molecule has 0 amide bonds. The molecule has 3 atom stereocenters. The zero-order valence-electron chi connectivity index (χ0n) is 11.9. The fourth-order valence-electron chi connectivity index (χ4n) is 2.66. The average Bonchev–Trinajstić information content (AvgIpc) is 2.54. The third kappa shape index (κ3) is 2.50. The van der Waals surface area contributed by atoms with Crippen molar-refractivity contribution < 1.29 is 14.3 Å². The molecule has 21 heavy (non-hydrogen) atoms. The maximum absolute atomic E-state index is 12.2. The number of rotatable bonds is 3. The van der Waals surface area contributed by atoms with Crippen LogP contribution < -0.4 is 4.74 Å². The number of allylic oxidation sites excluding steroid dienone is 2. The lowest BCUT2D eigenvalue weighted by Gasteiger charge is -2.37. The second-order valence-electron chi connectivity index (χ2n) is 4.85. The molecule has 1 aliphatic rings. The lowest BCUT2D eigenvalue weighted by molar-refractivity contribution is -0.150. The van der Waals surface area contributed by atoms with Crippen LogP contribution in [0.5, 0.6) is 5.75 Å². The van der Waals surface area contributed by atoms with E-state index in [-0.39, 0.29) is 0 Å². The highest BCUT2D eigenvalue weighted by Gasteiger charge is 2.53. The molecule has 1 aliphatic carbocycles. The zero-order chi connectivity index (χ0) is 15.5.